The van der Waals surface area contributed by atoms with Crippen LogP contribution in [0.25, 0.3) is 11.1 Å². The average Bonchev–Trinajstić information content (AvgIpc) is 2.99. The topological polar surface area (TPSA) is 3.24 Å². The highest BCUT2D eigenvalue weighted by molar-refractivity contribution is 5.70. The van der Waals surface area contributed by atoms with Gasteiger partial charge in [0.05, 0.1) is 0 Å². The predicted molar refractivity (Wildman–Crippen MR) is 174 cm³/mol. The average molecular weight is 534 g/mol. The Morgan fingerprint density at radius 1 is 0.707 bits per heavy atom. The lowest BCUT2D eigenvalue weighted by atomic mass is 9.71. The molecule has 0 heterocycles. The maximum Gasteiger partial charge on any atom is 0.0458 e. The fourth-order valence-electron chi connectivity index (χ4n) is 6.86. The van der Waals surface area contributed by atoms with E-state index in [-0.39, 0.29) is 0 Å². The van der Waals surface area contributed by atoms with Gasteiger partial charge in [-0.3, -0.25) is 0 Å². The number of benzene rings is 3. The summed E-state index contributed by atoms with van der Waals surface area (Å²) in [6.45, 7) is 4.34. The number of aryl methyl sites for hydroxylation is 2. The first-order valence-corrected chi connectivity index (χ1v) is 15.3. The normalized spacial score (nSPS) is 21.5. The molecule has 1 saturated carbocycles. The molecule has 0 saturated heterocycles. The van der Waals surface area contributed by atoms with Crippen LogP contribution in [0, 0.1) is 19.8 Å². The van der Waals surface area contributed by atoms with Gasteiger partial charge in [0.15, 0.2) is 0 Å². The van der Waals surface area contributed by atoms with Crippen LogP contribution in [-0.2, 0) is 0 Å². The largest absolute Gasteiger partial charge is 0.315 e. The van der Waals surface area contributed by atoms with Crippen molar-refractivity contribution in [1.82, 2.24) is 0 Å². The van der Waals surface area contributed by atoms with Gasteiger partial charge in [-0.25, -0.2) is 0 Å². The van der Waals surface area contributed by atoms with Crippen molar-refractivity contribution < 1.29 is 0 Å². The summed E-state index contributed by atoms with van der Waals surface area (Å²) in [7, 11) is 0. The Bertz CT molecular complexity index is 1650. The van der Waals surface area contributed by atoms with Crippen molar-refractivity contribution in [3.63, 3.8) is 0 Å². The molecule has 0 amide bonds. The lowest BCUT2D eigenvalue weighted by molar-refractivity contribution is 0.434. The van der Waals surface area contributed by atoms with Crippen LogP contribution in [0.5, 0.6) is 0 Å². The number of nitrogens with zero attached hydrogens (tertiary/aromatic N) is 1. The lowest BCUT2D eigenvalue weighted by Gasteiger charge is -2.35. The summed E-state index contributed by atoms with van der Waals surface area (Å²) in [4.78, 5) is 2.50. The zero-order chi connectivity index (χ0) is 27.8. The van der Waals surface area contributed by atoms with Crippen LogP contribution in [0.4, 0.5) is 5.69 Å². The number of hydrogen-bond acceptors (Lipinski definition) is 1. The molecular formula is C40H39N. The zero-order valence-corrected chi connectivity index (χ0v) is 24.3. The summed E-state index contributed by atoms with van der Waals surface area (Å²) in [5.41, 5.74) is 15.2. The summed E-state index contributed by atoms with van der Waals surface area (Å²) in [6.07, 6.45) is 23.9. The molecule has 204 valence electrons. The van der Waals surface area contributed by atoms with Crippen LogP contribution in [-0.4, -0.2) is 0 Å². The summed E-state index contributed by atoms with van der Waals surface area (Å²) in [5.74, 6) is 1.24. The Hall–Kier alpha value is -4.10. The SMILES string of the molecule is Cc1cccc(-c2ccc(N(C3=CCC(c4cccc(C)c4)C=C3)C3=CC=C(C4=CC=C5CCC5C4)CC3)cc2)c1. The molecule has 7 rings (SSSR count). The maximum absolute atomic E-state index is 2.50. The summed E-state index contributed by atoms with van der Waals surface area (Å²) >= 11 is 0. The Morgan fingerprint density at radius 2 is 1.51 bits per heavy atom. The van der Waals surface area contributed by atoms with E-state index in [2.05, 4.69) is 134 Å². The van der Waals surface area contributed by atoms with Gasteiger partial charge in [0.2, 0.25) is 0 Å². The molecule has 1 nitrogen and oxygen atoms in total. The molecule has 3 aromatic rings. The zero-order valence-electron chi connectivity index (χ0n) is 24.3. The predicted octanol–water partition coefficient (Wildman–Crippen LogP) is 10.7. The first-order chi connectivity index (χ1) is 20.1. The third-order valence-electron chi connectivity index (χ3n) is 9.38. The Morgan fingerprint density at radius 3 is 2.17 bits per heavy atom. The maximum atomic E-state index is 2.50. The van der Waals surface area contributed by atoms with E-state index in [1.165, 1.54) is 69.7 Å². The van der Waals surface area contributed by atoms with E-state index in [1.54, 1.807) is 11.1 Å². The molecule has 0 aromatic heterocycles. The van der Waals surface area contributed by atoms with Crippen molar-refractivity contribution in [3.05, 3.63) is 160 Å². The van der Waals surface area contributed by atoms with Gasteiger partial charge >= 0.3 is 0 Å². The molecular weight excluding hydrogens is 494 g/mol. The van der Waals surface area contributed by atoms with E-state index in [0.717, 1.165) is 25.2 Å². The number of hydrogen-bond donors (Lipinski definition) is 0. The number of allylic oxidation sites excluding steroid dienone is 11. The van der Waals surface area contributed by atoms with Gasteiger partial charge in [-0.15, -0.1) is 0 Å². The lowest BCUT2D eigenvalue weighted by Crippen LogP contribution is -2.24. The molecule has 1 fully saturated rings. The van der Waals surface area contributed by atoms with Crippen LogP contribution in [0.15, 0.2) is 143 Å². The third-order valence-corrected chi connectivity index (χ3v) is 9.38. The van der Waals surface area contributed by atoms with Crippen LogP contribution in [0.2, 0.25) is 0 Å². The molecule has 1 heteroatoms. The highest BCUT2D eigenvalue weighted by atomic mass is 15.2. The molecule has 4 aliphatic rings. The van der Waals surface area contributed by atoms with Crippen LogP contribution in [0.1, 0.15) is 61.1 Å². The van der Waals surface area contributed by atoms with Crippen LogP contribution < -0.4 is 4.90 Å². The number of anilines is 1. The Labute approximate surface area is 245 Å². The molecule has 2 unspecified atom stereocenters. The fourth-order valence-corrected chi connectivity index (χ4v) is 6.86. The first kappa shape index (κ1) is 25.8. The third kappa shape index (κ3) is 5.34. The van der Waals surface area contributed by atoms with E-state index in [9.17, 15) is 0 Å². The first-order valence-electron chi connectivity index (χ1n) is 15.3. The Kier molecular flexibility index (Phi) is 6.97. The second-order valence-electron chi connectivity index (χ2n) is 12.2. The molecule has 0 spiro atoms. The van der Waals surface area contributed by atoms with E-state index < -0.39 is 0 Å². The van der Waals surface area contributed by atoms with E-state index in [0.29, 0.717) is 5.92 Å². The number of rotatable bonds is 6. The van der Waals surface area contributed by atoms with Gasteiger partial charge < -0.3 is 4.90 Å². The van der Waals surface area contributed by atoms with Crippen molar-refractivity contribution in [3.8, 4) is 11.1 Å². The van der Waals surface area contributed by atoms with Crippen molar-refractivity contribution in [2.45, 2.75) is 58.3 Å². The van der Waals surface area contributed by atoms with E-state index in [1.807, 2.05) is 0 Å². The molecule has 3 aromatic carbocycles. The van der Waals surface area contributed by atoms with Gasteiger partial charge in [-0.1, -0.05) is 108 Å². The van der Waals surface area contributed by atoms with Crippen molar-refractivity contribution in [2.75, 3.05) is 4.90 Å². The van der Waals surface area contributed by atoms with Crippen LogP contribution in [0.3, 0.4) is 0 Å². The smallest absolute Gasteiger partial charge is 0.0458 e. The molecule has 0 aliphatic heterocycles. The van der Waals surface area contributed by atoms with E-state index in [4.69, 9.17) is 0 Å². The van der Waals surface area contributed by atoms with Crippen molar-refractivity contribution in [1.29, 1.82) is 0 Å². The quantitative estimate of drug-likeness (QED) is 0.305. The Balaban J connectivity index is 1.20. The van der Waals surface area contributed by atoms with Crippen molar-refractivity contribution in [2.24, 2.45) is 5.92 Å². The van der Waals surface area contributed by atoms with Crippen molar-refractivity contribution >= 4 is 5.69 Å². The van der Waals surface area contributed by atoms with Gasteiger partial charge in [-0.2, -0.15) is 0 Å². The monoisotopic (exact) mass is 533 g/mol. The van der Waals surface area contributed by atoms with Gasteiger partial charge in [0.25, 0.3) is 0 Å². The molecule has 2 atom stereocenters. The molecule has 0 N–H and O–H groups in total. The fraction of sp³-hybridized carbons (Fsp3) is 0.250. The molecule has 41 heavy (non-hydrogen) atoms. The minimum absolute atomic E-state index is 0.429. The summed E-state index contributed by atoms with van der Waals surface area (Å²) in [5, 5.41) is 0. The molecule has 0 radical (unpaired) electrons. The molecule has 0 bridgehead atoms. The molecule has 4 aliphatic carbocycles. The standard InChI is InChI=1S/C40H39N/c1-28-5-3-7-34(25-28)31-13-19-38(20-14-31)41(39-21-15-32(16-22-39)35-8-4-6-29(2)26-35)40-23-17-33(18-24-40)37-12-10-30-9-11-36(30)27-37/h3-8,10,12-15,17,19-23,25-26,32,36H,9,11,16,18,24,27H2,1-2H3. The van der Waals surface area contributed by atoms with Crippen LogP contribution >= 0.6 is 0 Å². The summed E-state index contributed by atoms with van der Waals surface area (Å²) < 4.78 is 0. The highest BCUT2D eigenvalue weighted by Gasteiger charge is 2.29. The minimum atomic E-state index is 0.429. The highest BCUT2D eigenvalue weighted by Crippen LogP contribution is 2.44. The second kappa shape index (κ2) is 11.1. The van der Waals surface area contributed by atoms with Gasteiger partial charge in [0, 0.05) is 23.0 Å². The van der Waals surface area contributed by atoms with Gasteiger partial charge in [0.1, 0.15) is 0 Å². The van der Waals surface area contributed by atoms with Gasteiger partial charge in [-0.05, 0) is 110 Å². The number of fused-ring (bicyclic) bond motifs is 1. The minimum Gasteiger partial charge on any atom is -0.315 e. The second-order valence-corrected chi connectivity index (χ2v) is 12.2. The summed E-state index contributed by atoms with van der Waals surface area (Å²) in [6, 6.07) is 26.9. The van der Waals surface area contributed by atoms with E-state index >= 15 is 0 Å².